The van der Waals surface area contributed by atoms with Crippen LogP contribution in [0, 0.1) is 0 Å². The summed E-state index contributed by atoms with van der Waals surface area (Å²) in [4.78, 5) is 5.71. The molecule has 132 heavy (non-hydrogen) atoms. The summed E-state index contributed by atoms with van der Waals surface area (Å²) in [6.45, 7) is 42.2. The van der Waals surface area contributed by atoms with Gasteiger partial charge in [-0.2, -0.15) is 0 Å². The number of para-hydroxylation sites is 2. The molecule has 0 aliphatic carbocycles. The molecule has 0 amide bonds. The van der Waals surface area contributed by atoms with E-state index in [2.05, 4.69) is 500 Å². The molecule has 5 nitrogen and oxygen atoms in total. The maximum absolute atomic E-state index is 2.86. The van der Waals surface area contributed by atoms with Gasteiger partial charge in [0.1, 0.15) is 0 Å². The molecule has 4 aromatic heterocycles. The third kappa shape index (κ3) is 13.1. The van der Waals surface area contributed by atoms with E-state index < -0.39 is 6.71 Å². The monoisotopic (exact) mass is 1710 g/mol. The Balaban J connectivity index is 0.956. The van der Waals surface area contributed by atoms with Crippen molar-refractivity contribution in [2.45, 2.75) is 157 Å². The highest BCUT2D eigenvalue weighted by Gasteiger charge is 2.49. The zero-order valence-electron chi connectivity index (χ0n) is 79.3. The second kappa shape index (κ2) is 29.7. The Bertz CT molecular complexity index is 7680. The Morgan fingerprint density at radius 3 is 0.818 bits per heavy atom. The van der Waals surface area contributed by atoms with E-state index in [1.54, 1.807) is 0 Å². The van der Waals surface area contributed by atoms with Crippen LogP contribution in [0.5, 0.6) is 0 Å². The molecule has 2 aliphatic heterocycles. The molecule has 644 valence electrons. The minimum atomic E-state index is -0.396. The van der Waals surface area contributed by atoms with Gasteiger partial charge in [-0.3, -0.25) is 0 Å². The number of benzene rings is 17. The molecule has 0 saturated heterocycles. The average Bonchev–Trinajstić information content (AvgIpc) is 1.44. The van der Waals surface area contributed by atoms with Gasteiger partial charge >= 0.3 is 0 Å². The minimum Gasteiger partial charge on any atom is -0.309 e. The van der Waals surface area contributed by atoms with E-state index in [1.165, 1.54) is 132 Å². The molecule has 6 heteroatoms. The number of aromatic nitrogens is 3. The second-order valence-electron chi connectivity index (χ2n) is 43.7. The Hall–Kier alpha value is -14.2. The first-order valence-corrected chi connectivity index (χ1v) is 47.4. The molecule has 0 spiro atoms. The quantitative estimate of drug-likeness (QED) is 0.127. The van der Waals surface area contributed by atoms with E-state index in [0.29, 0.717) is 0 Å². The van der Waals surface area contributed by atoms with Gasteiger partial charge in [0.2, 0.25) is 0 Å². The predicted octanol–water partition coefficient (Wildman–Crippen LogP) is 32.9. The number of anilines is 6. The van der Waals surface area contributed by atoms with Crippen LogP contribution in [0.25, 0.3) is 160 Å². The van der Waals surface area contributed by atoms with E-state index in [0.717, 1.165) is 112 Å². The number of hydrogen-bond donors (Lipinski definition) is 0. The van der Waals surface area contributed by atoms with Crippen LogP contribution in [-0.4, -0.2) is 20.2 Å². The van der Waals surface area contributed by atoms with Crippen LogP contribution in [0.2, 0.25) is 0 Å². The molecule has 2 aliphatic rings. The largest absolute Gasteiger partial charge is 0.309 e. The Morgan fingerprint density at radius 2 is 0.492 bits per heavy atom. The van der Waals surface area contributed by atoms with Crippen molar-refractivity contribution in [3.8, 4) is 78.1 Å². The minimum absolute atomic E-state index is 0.103. The van der Waals surface area contributed by atoms with Crippen LogP contribution in [0.1, 0.15) is 158 Å². The lowest BCUT2D eigenvalue weighted by molar-refractivity contribution is 0.590. The maximum atomic E-state index is 2.86. The van der Waals surface area contributed by atoms with Gasteiger partial charge in [-0.1, -0.05) is 355 Å². The van der Waals surface area contributed by atoms with Crippen LogP contribution in [0.3, 0.4) is 0 Å². The Morgan fingerprint density at radius 1 is 0.205 bits per heavy atom. The SMILES string of the molecule is CC(C)(C)c1cc(-c2ccccc2)c(N2c3cc(-n4c5ccc(C(C)(C)C)cc5c5cc(C(C)(C)C)ccc54)ccc3B3c4ccc(-n5c6ccc(C(C)(C)C)cc6c6cc(C(C)(C)C)ccc65)cc4N(c4c(-c5ccccc5)cc(C(C)(C)C)cc4-c4cccc(-c5ccccc5)c4)c4c3c2c2c3ccccc3n3c5ccccc5c4c23)c(-c2cccc(-c3ccccc3)c2)c1. The predicted molar refractivity (Wildman–Crippen MR) is 569 cm³/mol. The normalized spacial score (nSPS) is 13.3. The first-order chi connectivity index (χ1) is 63.3. The number of hydrogen-bond acceptors (Lipinski definition) is 2. The molecule has 0 radical (unpaired) electrons. The molecule has 23 rings (SSSR count). The standard InChI is InChI=1S/C126H112BN5/c1-121(2,3)85-53-61-107-99(67-85)100-68-86(122(4,5)6)54-62-108(100)128(107)91-57-59-103-111(75-91)131(116-95(79-41-27-21-28-42-79)71-89(125(13,14)15)73-97(116)83-47-35-45-81(65-83)77-37-23-19-24-38-77)119-113-93-49-31-33-51-105(93)130-106-52-34-32-50-94(106)114(118(113)130)120-115(119)127(103)104-60-58-92(129-109-63-55-87(123(7,8)9)69-101(109)102-70-88(124(10,11)12)56-64-110(102)129)76-112(104)132(120)117-96(80-43-29-22-30-44-80)72-90(126(16,17)18)74-98(117)84-48-36-46-82(66-84)78-39-25-20-26-40-78/h19-76H,1-18H3. The van der Waals surface area contributed by atoms with Crippen molar-refractivity contribution < 1.29 is 0 Å². The summed E-state index contributed by atoms with van der Waals surface area (Å²) in [5.74, 6) is 0. The van der Waals surface area contributed by atoms with Gasteiger partial charge in [0, 0.05) is 88.1 Å². The number of fused-ring (bicyclic) bond motifs is 18. The Kier molecular flexibility index (Phi) is 18.5. The zero-order valence-corrected chi connectivity index (χ0v) is 79.3. The van der Waals surface area contributed by atoms with Crippen molar-refractivity contribution >= 4 is 139 Å². The van der Waals surface area contributed by atoms with Crippen LogP contribution in [0.4, 0.5) is 34.1 Å². The van der Waals surface area contributed by atoms with Gasteiger partial charge in [0.15, 0.2) is 0 Å². The molecular weight excluding hydrogens is 1590 g/mol. The highest BCUT2D eigenvalue weighted by Crippen LogP contribution is 2.61. The van der Waals surface area contributed by atoms with E-state index in [9.17, 15) is 0 Å². The van der Waals surface area contributed by atoms with Gasteiger partial charge in [-0.25, -0.2) is 0 Å². The van der Waals surface area contributed by atoms with Crippen molar-refractivity contribution in [1.29, 1.82) is 0 Å². The van der Waals surface area contributed by atoms with Gasteiger partial charge in [-0.15, -0.1) is 0 Å². The molecule has 0 unspecified atom stereocenters. The number of rotatable bonds is 10. The van der Waals surface area contributed by atoms with E-state index >= 15 is 0 Å². The van der Waals surface area contributed by atoms with Crippen molar-refractivity contribution in [1.82, 2.24) is 13.5 Å². The van der Waals surface area contributed by atoms with Crippen LogP contribution in [-0.2, 0) is 32.5 Å². The average molecular weight is 1710 g/mol. The van der Waals surface area contributed by atoms with Gasteiger partial charge in [0.05, 0.1) is 61.4 Å². The summed E-state index contributed by atoms with van der Waals surface area (Å²) in [6.07, 6.45) is 0. The fraction of sp³-hybridized carbons (Fsp3) is 0.190. The molecular formula is C126H112BN5. The van der Waals surface area contributed by atoms with E-state index in [4.69, 9.17) is 0 Å². The smallest absolute Gasteiger partial charge is 0.252 e. The van der Waals surface area contributed by atoms with Gasteiger partial charge in [-0.05, 0) is 248 Å². The lowest BCUT2D eigenvalue weighted by Crippen LogP contribution is -2.61. The Labute approximate surface area is 777 Å². The zero-order chi connectivity index (χ0) is 90.9. The molecule has 17 aromatic carbocycles. The molecule has 0 fully saturated rings. The lowest BCUT2D eigenvalue weighted by atomic mass is 9.33. The highest BCUT2D eigenvalue weighted by molar-refractivity contribution is 7.01. The summed E-state index contributed by atoms with van der Waals surface area (Å²) >= 11 is 0. The molecule has 21 aromatic rings. The first-order valence-electron chi connectivity index (χ1n) is 47.4. The fourth-order valence-corrected chi connectivity index (χ4v) is 21.9. The van der Waals surface area contributed by atoms with Gasteiger partial charge < -0.3 is 23.3 Å². The second-order valence-corrected chi connectivity index (χ2v) is 43.7. The molecule has 0 bridgehead atoms. The summed E-state index contributed by atoms with van der Waals surface area (Å²) in [5.41, 5.74) is 41.2. The number of nitrogens with zero attached hydrogens (tertiary/aromatic N) is 5. The molecule has 0 atom stereocenters. The van der Waals surface area contributed by atoms with Crippen molar-refractivity contribution in [3.63, 3.8) is 0 Å². The molecule has 0 N–H and O–H groups in total. The van der Waals surface area contributed by atoms with Crippen LogP contribution in [0.15, 0.2) is 352 Å². The highest BCUT2D eigenvalue weighted by atomic mass is 15.2. The van der Waals surface area contributed by atoms with Crippen LogP contribution >= 0.6 is 0 Å². The summed E-state index contributed by atoms with van der Waals surface area (Å²) in [6, 6.07) is 137. The molecule has 0 saturated carbocycles. The van der Waals surface area contributed by atoms with Crippen LogP contribution < -0.4 is 26.2 Å². The third-order valence-corrected chi connectivity index (χ3v) is 29.0. The maximum Gasteiger partial charge on any atom is 0.252 e. The van der Waals surface area contributed by atoms with E-state index in [-0.39, 0.29) is 32.5 Å². The topological polar surface area (TPSA) is 20.8 Å². The summed E-state index contributed by atoms with van der Waals surface area (Å²) < 4.78 is 7.87. The van der Waals surface area contributed by atoms with Gasteiger partial charge in [0.25, 0.3) is 6.71 Å². The lowest BCUT2D eigenvalue weighted by Gasteiger charge is -2.46. The molecule has 6 heterocycles. The van der Waals surface area contributed by atoms with E-state index in [1.807, 2.05) is 0 Å². The fourth-order valence-electron chi connectivity index (χ4n) is 21.9. The summed E-state index contributed by atoms with van der Waals surface area (Å²) in [7, 11) is 0. The van der Waals surface area contributed by atoms with Crippen molar-refractivity contribution in [3.05, 3.63) is 385 Å². The van der Waals surface area contributed by atoms with Crippen molar-refractivity contribution in [2.75, 3.05) is 9.80 Å². The summed E-state index contributed by atoms with van der Waals surface area (Å²) in [5, 5.41) is 9.79. The third-order valence-electron chi connectivity index (χ3n) is 29.0. The first kappa shape index (κ1) is 82.2. The van der Waals surface area contributed by atoms with Crippen molar-refractivity contribution in [2.24, 2.45) is 0 Å².